The molecule has 7 aromatic rings. The van der Waals surface area contributed by atoms with Crippen molar-refractivity contribution in [2.75, 3.05) is 4.90 Å². The Morgan fingerprint density at radius 2 is 0.757 bits per heavy atom. The largest absolute Gasteiger partial charge is 0.309 e. The van der Waals surface area contributed by atoms with E-state index < -0.39 is 0 Å². The van der Waals surface area contributed by atoms with Gasteiger partial charge in [-0.25, -0.2) is 0 Å². The van der Waals surface area contributed by atoms with Crippen LogP contribution in [0.1, 0.15) is 11.1 Å². The molecule has 0 fully saturated rings. The summed E-state index contributed by atoms with van der Waals surface area (Å²) < 4.78 is 0. The highest BCUT2D eigenvalue weighted by molar-refractivity contribution is 6.11. The molecule has 0 saturated heterocycles. The van der Waals surface area contributed by atoms with Crippen LogP contribution in [0, 0.1) is 13.8 Å². The van der Waals surface area contributed by atoms with Crippen molar-refractivity contribution in [2.45, 2.75) is 13.8 Å². The summed E-state index contributed by atoms with van der Waals surface area (Å²) in [6.45, 7) is 4.42. The van der Waals surface area contributed by atoms with Crippen LogP contribution < -0.4 is 4.90 Å². The first-order valence-electron chi connectivity index (χ1n) is 12.9. The lowest BCUT2D eigenvalue weighted by Crippen LogP contribution is -2.11. The van der Waals surface area contributed by atoms with Crippen molar-refractivity contribution in [3.63, 3.8) is 0 Å². The molecule has 0 aliphatic heterocycles. The van der Waals surface area contributed by atoms with Gasteiger partial charge in [0.2, 0.25) is 0 Å². The van der Waals surface area contributed by atoms with Crippen LogP contribution >= 0.6 is 0 Å². The van der Waals surface area contributed by atoms with E-state index in [1.165, 1.54) is 65.6 Å². The molecule has 176 valence electrons. The third-order valence-corrected chi connectivity index (χ3v) is 7.65. The third kappa shape index (κ3) is 3.55. The second kappa shape index (κ2) is 8.50. The quantitative estimate of drug-likeness (QED) is 0.231. The molecule has 0 saturated carbocycles. The van der Waals surface area contributed by atoms with Gasteiger partial charge in [0.1, 0.15) is 0 Å². The fraction of sp³-hybridized carbons (Fsp3) is 0.0556. The first-order valence-corrected chi connectivity index (χ1v) is 12.9. The van der Waals surface area contributed by atoms with Gasteiger partial charge in [0.25, 0.3) is 0 Å². The number of anilines is 3. The Kier molecular flexibility index (Phi) is 4.97. The smallest absolute Gasteiger partial charge is 0.0540 e. The van der Waals surface area contributed by atoms with E-state index in [2.05, 4.69) is 146 Å². The van der Waals surface area contributed by atoms with Gasteiger partial charge < -0.3 is 4.90 Å². The number of nitrogens with zero attached hydrogens (tertiary/aromatic N) is 1. The Morgan fingerprint density at radius 1 is 0.378 bits per heavy atom. The van der Waals surface area contributed by atoms with E-state index in [1.54, 1.807) is 0 Å². The Balaban J connectivity index is 1.59. The van der Waals surface area contributed by atoms with E-state index in [1.807, 2.05) is 0 Å². The van der Waals surface area contributed by atoms with Crippen LogP contribution in [0.3, 0.4) is 0 Å². The monoisotopic (exact) mass is 473 g/mol. The van der Waals surface area contributed by atoms with Crippen molar-refractivity contribution >= 4 is 60.2 Å². The zero-order chi connectivity index (χ0) is 24.9. The van der Waals surface area contributed by atoms with Gasteiger partial charge in [-0.15, -0.1) is 0 Å². The summed E-state index contributed by atoms with van der Waals surface area (Å²) in [6, 6.07) is 46.5. The van der Waals surface area contributed by atoms with Crippen LogP contribution in [0.4, 0.5) is 17.1 Å². The normalized spacial score (nSPS) is 11.5. The van der Waals surface area contributed by atoms with Crippen LogP contribution in [0.15, 0.2) is 127 Å². The molecule has 0 aliphatic carbocycles. The van der Waals surface area contributed by atoms with Gasteiger partial charge in [-0.3, -0.25) is 0 Å². The molecule has 1 heteroatoms. The predicted octanol–water partition coefficient (Wildman–Crippen LogP) is 10.4. The summed E-state index contributed by atoms with van der Waals surface area (Å²) in [7, 11) is 0. The van der Waals surface area contributed by atoms with Gasteiger partial charge in [-0.2, -0.15) is 0 Å². The fourth-order valence-corrected chi connectivity index (χ4v) is 5.70. The van der Waals surface area contributed by atoms with Gasteiger partial charge in [0.15, 0.2) is 0 Å². The van der Waals surface area contributed by atoms with Gasteiger partial charge >= 0.3 is 0 Å². The van der Waals surface area contributed by atoms with E-state index in [9.17, 15) is 0 Å². The second-order valence-electron chi connectivity index (χ2n) is 9.96. The molecule has 0 unspecified atom stereocenters. The van der Waals surface area contributed by atoms with Crippen molar-refractivity contribution in [1.82, 2.24) is 0 Å². The summed E-state index contributed by atoms with van der Waals surface area (Å²) in [4.78, 5) is 2.44. The summed E-state index contributed by atoms with van der Waals surface area (Å²) in [5.74, 6) is 0. The van der Waals surface area contributed by atoms with E-state index in [0.29, 0.717) is 0 Å². The van der Waals surface area contributed by atoms with Crippen LogP contribution in [0.25, 0.3) is 43.1 Å². The van der Waals surface area contributed by atoms with E-state index in [0.717, 1.165) is 5.69 Å². The lowest BCUT2D eigenvalue weighted by atomic mass is 9.96. The van der Waals surface area contributed by atoms with Crippen molar-refractivity contribution < 1.29 is 0 Å². The van der Waals surface area contributed by atoms with Gasteiger partial charge in [-0.05, 0) is 106 Å². The predicted molar refractivity (Wildman–Crippen MR) is 161 cm³/mol. The first kappa shape index (κ1) is 21.6. The molecule has 0 radical (unpaired) electrons. The van der Waals surface area contributed by atoms with E-state index in [-0.39, 0.29) is 0 Å². The average Bonchev–Trinajstić information content (AvgIpc) is 2.94. The molecule has 0 aromatic heterocycles. The summed E-state index contributed by atoms with van der Waals surface area (Å²) in [5, 5.41) is 10.2. The topological polar surface area (TPSA) is 3.24 Å². The fourth-order valence-electron chi connectivity index (χ4n) is 5.70. The standard InChI is InChI=1S/C36H27N/c1-24-16-18-35(33-22-28-12-8-6-10-26(28)20-31(24)33)37(30-14-4-3-5-15-30)36-19-17-25(2)32-21-27-11-7-9-13-29(27)23-34(32)36/h3-23H,1-2H3. The Hall–Kier alpha value is -4.62. The second-order valence-corrected chi connectivity index (χ2v) is 9.96. The minimum absolute atomic E-state index is 1.15. The zero-order valence-electron chi connectivity index (χ0n) is 21.1. The highest BCUT2D eigenvalue weighted by Gasteiger charge is 2.19. The number of benzene rings is 7. The molecular weight excluding hydrogens is 446 g/mol. The number of fused-ring (bicyclic) bond motifs is 4. The van der Waals surface area contributed by atoms with Crippen LogP contribution in [0.5, 0.6) is 0 Å². The molecule has 0 atom stereocenters. The first-order chi connectivity index (χ1) is 18.2. The Bertz CT molecular complexity index is 1830. The molecule has 37 heavy (non-hydrogen) atoms. The summed E-state index contributed by atoms with van der Waals surface area (Å²) in [6.07, 6.45) is 0. The number of aryl methyl sites for hydroxylation is 2. The van der Waals surface area contributed by atoms with Gasteiger partial charge in [-0.1, -0.05) is 78.9 Å². The maximum absolute atomic E-state index is 2.44. The van der Waals surface area contributed by atoms with Gasteiger partial charge in [0, 0.05) is 16.5 Å². The average molecular weight is 474 g/mol. The molecule has 0 spiro atoms. The van der Waals surface area contributed by atoms with Crippen LogP contribution in [-0.4, -0.2) is 0 Å². The van der Waals surface area contributed by atoms with Crippen molar-refractivity contribution in [3.8, 4) is 0 Å². The highest BCUT2D eigenvalue weighted by Crippen LogP contribution is 2.44. The molecule has 0 amide bonds. The van der Waals surface area contributed by atoms with Gasteiger partial charge in [0.05, 0.1) is 11.4 Å². The molecule has 7 rings (SSSR count). The zero-order valence-corrected chi connectivity index (χ0v) is 21.1. The summed E-state index contributed by atoms with van der Waals surface area (Å²) >= 11 is 0. The maximum Gasteiger partial charge on any atom is 0.0540 e. The van der Waals surface area contributed by atoms with Crippen molar-refractivity contribution in [1.29, 1.82) is 0 Å². The molecule has 0 N–H and O–H groups in total. The van der Waals surface area contributed by atoms with Crippen molar-refractivity contribution in [2.24, 2.45) is 0 Å². The summed E-state index contributed by atoms with van der Waals surface area (Å²) in [5.41, 5.74) is 6.11. The number of rotatable bonds is 3. The minimum atomic E-state index is 1.15. The van der Waals surface area contributed by atoms with Crippen LogP contribution in [0.2, 0.25) is 0 Å². The number of para-hydroxylation sites is 1. The molecule has 0 bridgehead atoms. The lowest BCUT2D eigenvalue weighted by Gasteiger charge is -2.29. The Morgan fingerprint density at radius 3 is 1.19 bits per heavy atom. The molecular formula is C36H27N. The van der Waals surface area contributed by atoms with Crippen LogP contribution in [-0.2, 0) is 0 Å². The Labute approximate surface area is 217 Å². The number of hydrogen-bond acceptors (Lipinski definition) is 1. The van der Waals surface area contributed by atoms with E-state index >= 15 is 0 Å². The molecule has 0 heterocycles. The highest BCUT2D eigenvalue weighted by atomic mass is 15.1. The molecule has 1 nitrogen and oxygen atoms in total. The maximum atomic E-state index is 2.44. The van der Waals surface area contributed by atoms with Crippen molar-refractivity contribution in [3.05, 3.63) is 139 Å². The lowest BCUT2D eigenvalue weighted by molar-refractivity contribution is 1.30. The molecule has 7 aromatic carbocycles. The number of hydrogen-bond donors (Lipinski definition) is 0. The minimum Gasteiger partial charge on any atom is -0.309 e. The molecule has 0 aliphatic rings. The van der Waals surface area contributed by atoms with E-state index in [4.69, 9.17) is 0 Å². The third-order valence-electron chi connectivity index (χ3n) is 7.65. The SMILES string of the molecule is Cc1ccc(N(c2ccccc2)c2ccc(C)c3cc4ccccc4cc23)c2cc3ccccc3cc12.